The highest BCUT2D eigenvalue weighted by Gasteiger charge is 2.04. The number of para-hydroxylation sites is 1. The van der Waals surface area contributed by atoms with Crippen molar-refractivity contribution in [3.05, 3.63) is 29.3 Å². The number of nitrogens with one attached hydrogen (secondary N) is 1. The number of hydrogen-bond donors (Lipinski definition) is 1. The number of benzene rings is 1. The minimum Gasteiger partial charge on any atom is -0.383 e. The molecule has 0 fully saturated rings. The van der Waals surface area contributed by atoms with Gasteiger partial charge >= 0.3 is 0 Å². The van der Waals surface area contributed by atoms with Crippen LogP contribution in [0.5, 0.6) is 0 Å². The molecule has 18 heavy (non-hydrogen) atoms. The summed E-state index contributed by atoms with van der Waals surface area (Å²) < 4.78 is 5.03. The highest BCUT2D eigenvalue weighted by molar-refractivity contribution is 5.62. The second-order valence-electron chi connectivity index (χ2n) is 4.33. The summed E-state index contributed by atoms with van der Waals surface area (Å²) in [6.45, 7) is 5.40. The molecule has 1 aromatic carbocycles. The number of ether oxygens (including phenoxy) is 1. The maximum Gasteiger partial charge on any atom is 0.101 e. The zero-order valence-electron chi connectivity index (χ0n) is 11.4. The molecule has 4 heteroatoms. The van der Waals surface area contributed by atoms with Gasteiger partial charge in [0.05, 0.1) is 17.9 Å². The van der Waals surface area contributed by atoms with E-state index in [-0.39, 0.29) is 0 Å². The summed E-state index contributed by atoms with van der Waals surface area (Å²) in [5.41, 5.74) is 2.75. The third kappa shape index (κ3) is 4.36. The molecular weight excluding hydrogens is 226 g/mol. The molecule has 0 saturated carbocycles. The number of rotatable bonds is 7. The minimum atomic E-state index is 0.703. The monoisotopic (exact) mass is 247 g/mol. The molecule has 0 radical (unpaired) electrons. The largest absolute Gasteiger partial charge is 0.383 e. The third-order valence-corrected chi connectivity index (χ3v) is 2.87. The Morgan fingerprint density at radius 1 is 1.39 bits per heavy atom. The number of likely N-dealkylation sites (N-methyl/N-ethyl adjacent to an activating group) is 1. The maximum atomic E-state index is 9.05. The number of nitriles is 1. The number of nitrogens with zero attached hydrogens (tertiary/aromatic N) is 2. The fourth-order valence-corrected chi connectivity index (χ4v) is 1.73. The molecule has 0 saturated heterocycles. The van der Waals surface area contributed by atoms with E-state index in [1.165, 1.54) is 0 Å². The van der Waals surface area contributed by atoms with Gasteiger partial charge in [-0.15, -0.1) is 0 Å². The van der Waals surface area contributed by atoms with Crippen molar-refractivity contribution in [2.45, 2.75) is 6.92 Å². The molecule has 1 aromatic rings. The van der Waals surface area contributed by atoms with Crippen LogP contribution in [-0.2, 0) is 4.74 Å². The lowest BCUT2D eigenvalue weighted by Crippen LogP contribution is -2.28. The fourth-order valence-electron chi connectivity index (χ4n) is 1.73. The lowest BCUT2D eigenvalue weighted by atomic mass is 10.1. The van der Waals surface area contributed by atoms with E-state index in [1.807, 2.05) is 25.1 Å². The molecule has 98 valence electrons. The fraction of sp³-hybridized carbons (Fsp3) is 0.500. The molecule has 0 atom stereocenters. The van der Waals surface area contributed by atoms with E-state index in [1.54, 1.807) is 7.11 Å². The highest BCUT2D eigenvalue weighted by atomic mass is 16.5. The van der Waals surface area contributed by atoms with Crippen molar-refractivity contribution in [3.8, 4) is 6.07 Å². The third-order valence-electron chi connectivity index (χ3n) is 2.87. The normalized spacial score (nSPS) is 10.4. The maximum absolute atomic E-state index is 9.05. The van der Waals surface area contributed by atoms with Gasteiger partial charge in [-0.05, 0) is 25.6 Å². The van der Waals surface area contributed by atoms with Gasteiger partial charge in [-0.1, -0.05) is 12.1 Å². The van der Waals surface area contributed by atoms with Gasteiger partial charge in [0.2, 0.25) is 0 Å². The molecule has 0 spiro atoms. The van der Waals surface area contributed by atoms with E-state index in [4.69, 9.17) is 10.00 Å². The number of anilines is 1. The molecule has 0 heterocycles. The van der Waals surface area contributed by atoms with Crippen LogP contribution in [0.4, 0.5) is 5.69 Å². The van der Waals surface area contributed by atoms with E-state index >= 15 is 0 Å². The summed E-state index contributed by atoms with van der Waals surface area (Å²) in [7, 11) is 3.77. The Morgan fingerprint density at radius 2 is 2.17 bits per heavy atom. The molecule has 0 aliphatic rings. The predicted octanol–water partition coefficient (Wildman–Crippen LogP) is 1.86. The van der Waals surface area contributed by atoms with Gasteiger partial charge in [0.25, 0.3) is 0 Å². The standard InChI is InChI=1S/C14H21N3O/c1-12-5-4-6-13(11-15)14(12)16-7-8-17(2)9-10-18-3/h4-6,16H,7-10H2,1-3H3. The zero-order valence-corrected chi connectivity index (χ0v) is 11.4. The van der Waals surface area contributed by atoms with Crippen molar-refractivity contribution < 1.29 is 4.74 Å². The summed E-state index contributed by atoms with van der Waals surface area (Å²) in [4.78, 5) is 2.20. The van der Waals surface area contributed by atoms with Crippen LogP contribution in [0.15, 0.2) is 18.2 Å². The van der Waals surface area contributed by atoms with E-state index in [0.29, 0.717) is 5.56 Å². The van der Waals surface area contributed by atoms with Crippen LogP contribution in [0.3, 0.4) is 0 Å². The number of aryl methyl sites for hydroxylation is 1. The summed E-state index contributed by atoms with van der Waals surface area (Å²) in [6.07, 6.45) is 0. The molecule has 0 bridgehead atoms. The number of hydrogen-bond acceptors (Lipinski definition) is 4. The SMILES string of the molecule is COCCN(C)CCNc1c(C)cccc1C#N. The van der Waals surface area contributed by atoms with Crippen molar-refractivity contribution in [1.82, 2.24) is 4.90 Å². The van der Waals surface area contributed by atoms with Crippen LogP contribution in [0.1, 0.15) is 11.1 Å². The van der Waals surface area contributed by atoms with Crippen LogP contribution in [0.25, 0.3) is 0 Å². The topological polar surface area (TPSA) is 48.3 Å². The highest BCUT2D eigenvalue weighted by Crippen LogP contribution is 2.19. The molecule has 1 rings (SSSR count). The van der Waals surface area contributed by atoms with E-state index < -0.39 is 0 Å². The van der Waals surface area contributed by atoms with Crippen molar-refractivity contribution >= 4 is 5.69 Å². The molecule has 0 unspecified atom stereocenters. The first-order valence-corrected chi connectivity index (χ1v) is 6.10. The van der Waals surface area contributed by atoms with Gasteiger partial charge in [0.15, 0.2) is 0 Å². The lowest BCUT2D eigenvalue weighted by molar-refractivity contribution is 0.163. The molecule has 0 amide bonds. The summed E-state index contributed by atoms with van der Waals surface area (Å²) in [5, 5.41) is 12.4. The molecular formula is C14H21N3O. The van der Waals surface area contributed by atoms with Gasteiger partial charge in [0.1, 0.15) is 6.07 Å². The molecule has 4 nitrogen and oxygen atoms in total. The minimum absolute atomic E-state index is 0.703. The van der Waals surface area contributed by atoms with Gasteiger partial charge < -0.3 is 15.0 Å². The van der Waals surface area contributed by atoms with E-state index in [2.05, 4.69) is 23.3 Å². The van der Waals surface area contributed by atoms with Gasteiger partial charge in [-0.3, -0.25) is 0 Å². The van der Waals surface area contributed by atoms with Crippen molar-refractivity contribution in [1.29, 1.82) is 5.26 Å². The van der Waals surface area contributed by atoms with Gasteiger partial charge in [-0.25, -0.2) is 0 Å². The molecule has 0 aliphatic heterocycles. The average molecular weight is 247 g/mol. The zero-order chi connectivity index (χ0) is 13.4. The first-order chi connectivity index (χ1) is 8.69. The first kappa shape index (κ1) is 14.5. The summed E-state index contributed by atoms with van der Waals surface area (Å²) in [6, 6.07) is 7.97. The van der Waals surface area contributed by atoms with Crippen molar-refractivity contribution in [3.63, 3.8) is 0 Å². The van der Waals surface area contributed by atoms with E-state index in [9.17, 15) is 0 Å². The predicted molar refractivity (Wildman–Crippen MR) is 73.8 cm³/mol. The van der Waals surface area contributed by atoms with Gasteiger partial charge in [-0.2, -0.15) is 5.26 Å². The average Bonchev–Trinajstić information content (AvgIpc) is 2.38. The van der Waals surface area contributed by atoms with Crippen LogP contribution < -0.4 is 5.32 Å². The van der Waals surface area contributed by atoms with Crippen LogP contribution in [0.2, 0.25) is 0 Å². The Morgan fingerprint density at radius 3 is 2.83 bits per heavy atom. The second kappa shape index (κ2) is 7.70. The molecule has 1 N–H and O–H groups in total. The van der Waals surface area contributed by atoms with Gasteiger partial charge in [0, 0.05) is 26.7 Å². The number of methoxy groups -OCH3 is 1. The first-order valence-electron chi connectivity index (χ1n) is 6.10. The Balaban J connectivity index is 2.47. The van der Waals surface area contributed by atoms with Crippen LogP contribution >= 0.6 is 0 Å². The Bertz CT molecular complexity index is 412. The lowest BCUT2D eigenvalue weighted by Gasteiger charge is -2.17. The van der Waals surface area contributed by atoms with Crippen molar-refractivity contribution in [2.24, 2.45) is 0 Å². The van der Waals surface area contributed by atoms with Crippen LogP contribution in [0, 0.1) is 18.3 Å². The van der Waals surface area contributed by atoms with Crippen LogP contribution in [-0.4, -0.2) is 45.3 Å². The summed E-state index contributed by atoms with van der Waals surface area (Å²) in [5.74, 6) is 0. The van der Waals surface area contributed by atoms with E-state index in [0.717, 1.165) is 37.5 Å². The molecule has 0 aromatic heterocycles. The van der Waals surface area contributed by atoms with Crippen molar-refractivity contribution in [2.75, 3.05) is 45.7 Å². The molecule has 0 aliphatic carbocycles. The Kier molecular flexibility index (Phi) is 6.20. The second-order valence-corrected chi connectivity index (χ2v) is 4.33. The quantitative estimate of drug-likeness (QED) is 0.799. The smallest absolute Gasteiger partial charge is 0.101 e. The Hall–Kier alpha value is -1.57. The summed E-state index contributed by atoms with van der Waals surface area (Å²) >= 11 is 0. The Labute approximate surface area is 109 Å².